The number of ether oxygens (including phenoxy) is 3. The van der Waals surface area contributed by atoms with Crippen LogP contribution in [0.25, 0.3) is 0 Å². The highest BCUT2D eigenvalue weighted by atomic mass is 79.9. The first kappa shape index (κ1) is 31.1. The molecule has 0 spiro atoms. The van der Waals surface area contributed by atoms with E-state index in [4.69, 9.17) is 49.0 Å². The minimum atomic E-state index is 0.258. The zero-order chi connectivity index (χ0) is 30.3. The highest BCUT2D eigenvalue weighted by molar-refractivity contribution is 9.10. The second-order valence-electron chi connectivity index (χ2n) is 9.39. The van der Waals surface area contributed by atoms with E-state index in [9.17, 15) is 0 Å². The Labute approximate surface area is 272 Å². The lowest BCUT2D eigenvalue weighted by molar-refractivity contribution is 0.122. The second-order valence-corrected chi connectivity index (χ2v) is 11.5. The Kier molecular flexibility index (Phi) is 10.4. The van der Waals surface area contributed by atoms with Crippen LogP contribution < -0.4 is 25.1 Å². The summed E-state index contributed by atoms with van der Waals surface area (Å²) in [4.78, 5) is 15.8. The molecule has 0 radical (unpaired) electrons. The van der Waals surface area contributed by atoms with E-state index in [0.29, 0.717) is 64.8 Å². The highest BCUT2D eigenvalue weighted by Crippen LogP contribution is 2.32. The van der Waals surface area contributed by atoms with Crippen molar-refractivity contribution in [2.24, 2.45) is 5.10 Å². The van der Waals surface area contributed by atoms with Crippen molar-refractivity contribution in [1.82, 2.24) is 15.0 Å². The highest BCUT2D eigenvalue weighted by Gasteiger charge is 2.17. The molecule has 1 fully saturated rings. The number of aromatic nitrogens is 3. The second kappa shape index (κ2) is 14.4. The van der Waals surface area contributed by atoms with Gasteiger partial charge in [0.05, 0.1) is 32.2 Å². The van der Waals surface area contributed by atoms with E-state index in [-0.39, 0.29) is 12.6 Å². The van der Waals surface area contributed by atoms with Gasteiger partial charge < -0.3 is 24.4 Å². The quantitative estimate of drug-likeness (QED) is 0.128. The molecule has 14 heteroatoms. The van der Waals surface area contributed by atoms with Gasteiger partial charge in [-0.2, -0.15) is 20.1 Å². The van der Waals surface area contributed by atoms with E-state index < -0.39 is 0 Å². The van der Waals surface area contributed by atoms with Gasteiger partial charge in [0.15, 0.2) is 11.5 Å². The number of nitrogens with zero attached hydrogens (tertiary/aromatic N) is 5. The van der Waals surface area contributed by atoms with Gasteiger partial charge in [0.2, 0.25) is 17.8 Å². The van der Waals surface area contributed by atoms with Crippen molar-refractivity contribution >= 4 is 80.5 Å². The molecular weight excluding hydrogens is 681 g/mol. The van der Waals surface area contributed by atoms with Crippen LogP contribution in [0.2, 0.25) is 15.1 Å². The average Bonchev–Trinajstić information content (AvgIpc) is 3.00. The molecule has 4 aromatic rings. The van der Waals surface area contributed by atoms with Crippen molar-refractivity contribution in [2.75, 3.05) is 49.1 Å². The summed E-state index contributed by atoms with van der Waals surface area (Å²) >= 11 is 22.2. The van der Waals surface area contributed by atoms with Crippen LogP contribution in [0.3, 0.4) is 0 Å². The summed E-state index contributed by atoms with van der Waals surface area (Å²) in [5.74, 6) is 2.19. The predicted molar refractivity (Wildman–Crippen MR) is 175 cm³/mol. The summed E-state index contributed by atoms with van der Waals surface area (Å²) < 4.78 is 17.8. The molecule has 0 saturated carbocycles. The van der Waals surface area contributed by atoms with Gasteiger partial charge in [-0.3, -0.25) is 0 Å². The molecule has 3 aromatic carbocycles. The maximum absolute atomic E-state index is 6.36. The lowest BCUT2D eigenvalue weighted by Gasteiger charge is -2.27. The van der Waals surface area contributed by atoms with Crippen molar-refractivity contribution in [3.63, 3.8) is 0 Å². The number of hydrazone groups is 1. The number of hydrogen-bond acceptors (Lipinski definition) is 10. The molecule has 2 heterocycles. The molecule has 0 bridgehead atoms. The van der Waals surface area contributed by atoms with Crippen molar-refractivity contribution in [3.8, 4) is 11.5 Å². The van der Waals surface area contributed by atoms with Gasteiger partial charge in [-0.1, -0.05) is 40.9 Å². The van der Waals surface area contributed by atoms with E-state index >= 15 is 0 Å². The molecule has 1 aromatic heterocycles. The van der Waals surface area contributed by atoms with Gasteiger partial charge in [0.25, 0.3) is 0 Å². The summed E-state index contributed by atoms with van der Waals surface area (Å²) in [6.07, 6.45) is 1.63. The number of aryl methyl sites for hydroxylation is 1. The Morgan fingerprint density at radius 3 is 2.53 bits per heavy atom. The zero-order valence-corrected chi connectivity index (χ0v) is 27.1. The predicted octanol–water partition coefficient (Wildman–Crippen LogP) is 7.52. The molecule has 0 unspecified atom stereocenters. The SMILES string of the molecule is COc1cc(/C=N\Nc2nc(Nc3cc(Cl)c(C)cc3Br)nc(N3CCOCC3)n2)ccc1OCc1ccc(Cl)cc1Cl. The number of methoxy groups -OCH3 is 1. The summed E-state index contributed by atoms with van der Waals surface area (Å²) in [6.45, 7) is 4.68. The largest absolute Gasteiger partial charge is 0.493 e. The number of morpholine rings is 1. The maximum atomic E-state index is 6.36. The van der Waals surface area contributed by atoms with E-state index in [2.05, 4.69) is 46.7 Å². The molecule has 1 aliphatic heterocycles. The third-order valence-corrected chi connectivity index (χ3v) is 8.03. The van der Waals surface area contributed by atoms with Crippen molar-refractivity contribution < 1.29 is 14.2 Å². The first-order chi connectivity index (χ1) is 20.8. The van der Waals surface area contributed by atoms with E-state index in [1.807, 2.05) is 42.2 Å². The van der Waals surface area contributed by atoms with Gasteiger partial charge >= 0.3 is 0 Å². The van der Waals surface area contributed by atoms with Crippen molar-refractivity contribution in [3.05, 3.63) is 84.8 Å². The third kappa shape index (κ3) is 8.18. The van der Waals surface area contributed by atoms with Crippen LogP contribution in [0.1, 0.15) is 16.7 Å². The Morgan fingerprint density at radius 2 is 1.77 bits per heavy atom. The smallest absolute Gasteiger partial charge is 0.250 e. The number of rotatable bonds is 10. The van der Waals surface area contributed by atoms with Gasteiger partial charge in [-0.05, 0) is 76.4 Å². The van der Waals surface area contributed by atoms with Crippen LogP contribution in [-0.2, 0) is 11.3 Å². The summed E-state index contributed by atoms with van der Waals surface area (Å²) in [5.41, 5.74) is 6.16. The molecule has 0 aliphatic carbocycles. The van der Waals surface area contributed by atoms with Gasteiger partial charge in [0.1, 0.15) is 6.61 Å². The van der Waals surface area contributed by atoms with E-state index in [0.717, 1.165) is 26.9 Å². The van der Waals surface area contributed by atoms with Crippen molar-refractivity contribution in [2.45, 2.75) is 13.5 Å². The lowest BCUT2D eigenvalue weighted by Crippen LogP contribution is -2.37. The average molecular weight is 708 g/mol. The number of benzene rings is 3. The Morgan fingerprint density at radius 1 is 0.977 bits per heavy atom. The van der Waals surface area contributed by atoms with Crippen molar-refractivity contribution in [1.29, 1.82) is 0 Å². The number of nitrogens with one attached hydrogen (secondary N) is 2. The monoisotopic (exact) mass is 705 g/mol. The maximum Gasteiger partial charge on any atom is 0.250 e. The van der Waals surface area contributed by atoms with Crippen LogP contribution in [0.5, 0.6) is 11.5 Å². The van der Waals surface area contributed by atoms with Gasteiger partial charge in [-0.25, -0.2) is 5.43 Å². The molecule has 0 atom stereocenters. The lowest BCUT2D eigenvalue weighted by atomic mass is 10.2. The van der Waals surface area contributed by atoms with Crippen LogP contribution in [0.15, 0.2) is 58.1 Å². The van der Waals surface area contributed by atoms with E-state index in [1.54, 1.807) is 31.5 Å². The molecule has 224 valence electrons. The van der Waals surface area contributed by atoms with E-state index in [1.165, 1.54) is 0 Å². The molecular formula is C29H27BrCl3N7O3. The zero-order valence-electron chi connectivity index (χ0n) is 23.2. The normalized spacial score (nSPS) is 13.3. The fourth-order valence-electron chi connectivity index (χ4n) is 4.08. The fourth-order valence-corrected chi connectivity index (χ4v) is 5.26. The fraction of sp³-hybridized carbons (Fsp3) is 0.241. The van der Waals surface area contributed by atoms with Crippen LogP contribution in [0.4, 0.5) is 23.5 Å². The first-order valence-corrected chi connectivity index (χ1v) is 15.1. The first-order valence-electron chi connectivity index (χ1n) is 13.1. The van der Waals surface area contributed by atoms with Gasteiger partial charge in [0, 0.05) is 38.2 Å². The number of halogens is 4. The Hall–Kier alpha value is -3.35. The molecule has 1 aliphatic rings. The number of hydrogen-bond donors (Lipinski definition) is 2. The topological polar surface area (TPSA) is 106 Å². The van der Waals surface area contributed by atoms with Crippen LogP contribution in [-0.4, -0.2) is 54.6 Å². The van der Waals surface area contributed by atoms with Gasteiger partial charge in [-0.15, -0.1) is 0 Å². The Bertz CT molecular complexity index is 1640. The minimum Gasteiger partial charge on any atom is -0.493 e. The van der Waals surface area contributed by atoms with Crippen LogP contribution >= 0.6 is 50.7 Å². The molecule has 5 rings (SSSR count). The molecule has 10 nitrogen and oxygen atoms in total. The molecule has 1 saturated heterocycles. The number of anilines is 4. The summed E-state index contributed by atoms with van der Waals surface area (Å²) in [7, 11) is 1.57. The summed E-state index contributed by atoms with van der Waals surface area (Å²) in [5, 5.41) is 9.30. The third-order valence-electron chi connectivity index (χ3n) is 6.38. The molecule has 2 N–H and O–H groups in total. The summed E-state index contributed by atoms with van der Waals surface area (Å²) in [6, 6.07) is 14.5. The Balaban J connectivity index is 1.32. The minimum absolute atomic E-state index is 0.258. The molecule has 0 amide bonds. The standard InChI is InChI=1S/C29H27BrCl3N7O3/c1-17-11-21(30)24(14-22(17)32)35-27-36-28(38-29(37-27)40-7-9-42-10-8-40)39-34-15-18-3-6-25(26(12-18)41-2)43-16-19-4-5-20(31)13-23(19)33/h3-6,11-15H,7-10,16H2,1-2H3,(H2,35,36,37,38,39)/b34-15-. The molecule has 43 heavy (non-hydrogen) atoms. The van der Waals surface area contributed by atoms with Crippen LogP contribution in [0, 0.1) is 6.92 Å².